The van der Waals surface area contributed by atoms with Crippen molar-refractivity contribution in [1.29, 1.82) is 0 Å². The average Bonchev–Trinajstić information content (AvgIpc) is 2.34. The highest BCUT2D eigenvalue weighted by Crippen LogP contribution is 2.07. The normalized spacial score (nSPS) is 20.2. The summed E-state index contributed by atoms with van der Waals surface area (Å²) in [5.74, 6) is -0.903. The van der Waals surface area contributed by atoms with Crippen molar-refractivity contribution in [2.45, 2.75) is 12.8 Å². The lowest BCUT2D eigenvalue weighted by molar-refractivity contribution is -0.139. The molecule has 1 aliphatic rings. The highest BCUT2D eigenvalue weighted by Gasteiger charge is 2.16. The molecule has 1 aliphatic heterocycles. The summed E-state index contributed by atoms with van der Waals surface area (Å²) in [5, 5.41) is 16.6. The maximum absolute atomic E-state index is 11.3. The molecular weight excluding hydrogens is 210 g/mol. The van der Waals surface area contributed by atoms with Crippen LogP contribution in [0.3, 0.4) is 0 Å². The van der Waals surface area contributed by atoms with Crippen LogP contribution in [0.2, 0.25) is 0 Å². The molecule has 1 saturated heterocycles. The molecule has 6 heteroatoms. The van der Waals surface area contributed by atoms with Crippen LogP contribution in [-0.4, -0.2) is 49.7 Å². The van der Waals surface area contributed by atoms with Gasteiger partial charge in [-0.3, -0.25) is 9.59 Å². The number of piperidine rings is 1. The Labute approximate surface area is 94.8 Å². The van der Waals surface area contributed by atoms with Crippen molar-refractivity contribution in [1.82, 2.24) is 16.0 Å². The van der Waals surface area contributed by atoms with Gasteiger partial charge in [0.2, 0.25) is 0 Å². The number of aliphatic hydroxyl groups is 1. The smallest absolute Gasteiger partial charge is 0.309 e. The second-order valence-corrected chi connectivity index (χ2v) is 3.90. The molecule has 0 bridgehead atoms. The first-order valence-corrected chi connectivity index (χ1v) is 5.61. The molecule has 0 aliphatic carbocycles. The van der Waals surface area contributed by atoms with Crippen LogP contribution in [0.1, 0.15) is 12.8 Å². The number of carbonyl (C=O) groups excluding carboxylic acids is 2. The van der Waals surface area contributed by atoms with Crippen molar-refractivity contribution in [3.05, 3.63) is 0 Å². The van der Waals surface area contributed by atoms with Crippen LogP contribution in [0.5, 0.6) is 0 Å². The number of rotatable bonds is 4. The molecule has 0 radical (unpaired) electrons. The second-order valence-electron chi connectivity index (χ2n) is 3.90. The monoisotopic (exact) mass is 229 g/mol. The van der Waals surface area contributed by atoms with Gasteiger partial charge in [0.15, 0.2) is 0 Å². The summed E-state index contributed by atoms with van der Waals surface area (Å²) >= 11 is 0. The maximum Gasteiger partial charge on any atom is 0.309 e. The van der Waals surface area contributed by atoms with Crippen molar-refractivity contribution in [2.24, 2.45) is 5.92 Å². The Morgan fingerprint density at radius 2 is 2.06 bits per heavy atom. The van der Waals surface area contributed by atoms with Gasteiger partial charge in [0, 0.05) is 13.1 Å². The molecule has 6 nitrogen and oxygen atoms in total. The van der Waals surface area contributed by atoms with Crippen molar-refractivity contribution < 1.29 is 14.7 Å². The van der Waals surface area contributed by atoms with Crippen molar-refractivity contribution in [3.8, 4) is 0 Å². The van der Waals surface area contributed by atoms with Gasteiger partial charge in [-0.25, -0.2) is 0 Å². The van der Waals surface area contributed by atoms with E-state index in [4.69, 9.17) is 5.11 Å². The summed E-state index contributed by atoms with van der Waals surface area (Å²) < 4.78 is 0. The van der Waals surface area contributed by atoms with E-state index in [1.807, 2.05) is 0 Å². The zero-order valence-electron chi connectivity index (χ0n) is 9.29. The summed E-state index contributed by atoms with van der Waals surface area (Å²) in [5.41, 5.74) is 0. The molecule has 1 rings (SSSR count). The molecule has 0 aromatic heterocycles. The molecule has 0 aromatic rings. The SMILES string of the molecule is O=C(NCCO)C(=O)NCC1CCCNC1. The molecule has 2 amide bonds. The second kappa shape index (κ2) is 7.19. The fourth-order valence-electron chi connectivity index (χ4n) is 1.67. The predicted octanol–water partition coefficient (Wildman–Crippen LogP) is -1.79. The first-order chi connectivity index (χ1) is 7.74. The van der Waals surface area contributed by atoms with Crippen LogP contribution in [0.15, 0.2) is 0 Å². The Balaban J connectivity index is 2.15. The van der Waals surface area contributed by atoms with Crippen LogP contribution < -0.4 is 16.0 Å². The third-order valence-corrected chi connectivity index (χ3v) is 2.55. The van der Waals surface area contributed by atoms with E-state index in [1.165, 1.54) is 0 Å². The highest BCUT2D eigenvalue weighted by molar-refractivity contribution is 6.35. The molecule has 0 spiro atoms. The third kappa shape index (κ3) is 4.59. The summed E-state index contributed by atoms with van der Waals surface area (Å²) in [6.07, 6.45) is 2.18. The Kier molecular flexibility index (Phi) is 5.81. The highest BCUT2D eigenvalue weighted by atomic mass is 16.3. The Hall–Kier alpha value is -1.14. The van der Waals surface area contributed by atoms with E-state index in [-0.39, 0.29) is 13.2 Å². The van der Waals surface area contributed by atoms with Crippen LogP contribution in [0, 0.1) is 5.92 Å². The minimum Gasteiger partial charge on any atom is -0.395 e. The minimum atomic E-state index is -0.683. The zero-order chi connectivity index (χ0) is 11.8. The van der Waals surface area contributed by atoms with Gasteiger partial charge in [0.1, 0.15) is 0 Å². The van der Waals surface area contributed by atoms with Gasteiger partial charge in [-0.1, -0.05) is 0 Å². The van der Waals surface area contributed by atoms with Gasteiger partial charge >= 0.3 is 11.8 Å². The van der Waals surface area contributed by atoms with Crippen molar-refractivity contribution >= 4 is 11.8 Å². The number of nitrogens with one attached hydrogen (secondary N) is 3. The lowest BCUT2D eigenvalue weighted by Gasteiger charge is -2.22. The zero-order valence-corrected chi connectivity index (χ0v) is 9.29. The number of hydrogen-bond donors (Lipinski definition) is 4. The van der Waals surface area contributed by atoms with Crippen LogP contribution in [-0.2, 0) is 9.59 Å². The Morgan fingerprint density at radius 1 is 1.31 bits per heavy atom. The van der Waals surface area contributed by atoms with E-state index in [1.54, 1.807) is 0 Å². The number of aliphatic hydroxyl groups excluding tert-OH is 1. The van der Waals surface area contributed by atoms with E-state index < -0.39 is 11.8 Å². The molecule has 16 heavy (non-hydrogen) atoms. The summed E-state index contributed by atoms with van der Waals surface area (Å²) in [4.78, 5) is 22.4. The lowest BCUT2D eigenvalue weighted by atomic mass is 10.00. The number of amides is 2. The van der Waals surface area contributed by atoms with E-state index in [2.05, 4.69) is 16.0 Å². The number of carbonyl (C=O) groups is 2. The van der Waals surface area contributed by atoms with Gasteiger partial charge < -0.3 is 21.1 Å². The molecule has 0 aromatic carbocycles. The van der Waals surface area contributed by atoms with Crippen LogP contribution in [0.4, 0.5) is 0 Å². The summed E-state index contributed by atoms with van der Waals surface area (Å²) in [7, 11) is 0. The van der Waals surface area contributed by atoms with Crippen LogP contribution >= 0.6 is 0 Å². The van der Waals surface area contributed by atoms with Gasteiger partial charge in [0.25, 0.3) is 0 Å². The van der Waals surface area contributed by atoms with Gasteiger partial charge in [-0.05, 0) is 31.8 Å². The third-order valence-electron chi connectivity index (χ3n) is 2.55. The Morgan fingerprint density at radius 3 is 2.69 bits per heavy atom. The fraction of sp³-hybridized carbons (Fsp3) is 0.800. The maximum atomic E-state index is 11.3. The minimum absolute atomic E-state index is 0.108. The van der Waals surface area contributed by atoms with Crippen LogP contribution in [0.25, 0.3) is 0 Å². The molecule has 1 heterocycles. The van der Waals surface area contributed by atoms with Crippen molar-refractivity contribution in [3.63, 3.8) is 0 Å². The van der Waals surface area contributed by atoms with E-state index in [0.717, 1.165) is 25.9 Å². The molecule has 92 valence electrons. The van der Waals surface area contributed by atoms with Gasteiger partial charge in [0.05, 0.1) is 6.61 Å². The topological polar surface area (TPSA) is 90.5 Å². The van der Waals surface area contributed by atoms with E-state index in [9.17, 15) is 9.59 Å². The molecule has 1 fully saturated rings. The summed E-state index contributed by atoms with van der Waals surface area (Å²) in [6.45, 7) is 2.39. The first-order valence-electron chi connectivity index (χ1n) is 5.61. The molecule has 0 saturated carbocycles. The van der Waals surface area contributed by atoms with Gasteiger partial charge in [-0.2, -0.15) is 0 Å². The standard InChI is InChI=1S/C10H19N3O3/c14-5-4-12-9(15)10(16)13-7-8-2-1-3-11-6-8/h8,11,14H,1-7H2,(H,12,15)(H,13,16). The quantitative estimate of drug-likeness (QED) is 0.429. The predicted molar refractivity (Wildman–Crippen MR) is 58.7 cm³/mol. The molecule has 1 unspecified atom stereocenters. The molecular formula is C10H19N3O3. The first kappa shape index (κ1) is 12.9. The van der Waals surface area contributed by atoms with E-state index in [0.29, 0.717) is 12.5 Å². The lowest BCUT2D eigenvalue weighted by Crippen LogP contribution is -2.44. The largest absolute Gasteiger partial charge is 0.395 e. The van der Waals surface area contributed by atoms with Gasteiger partial charge in [-0.15, -0.1) is 0 Å². The fourth-order valence-corrected chi connectivity index (χ4v) is 1.67. The molecule has 4 N–H and O–H groups in total. The Bertz CT molecular complexity index is 239. The average molecular weight is 229 g/mol. The molecule has 1 atom stereocenters. The summed E-state index contributed by atoms with van der Waals surface area (Å²) in [6, 6.07) is 0. The van der Waals surface area contributed by atoms with E-state index >= 15 is 0 Å². The number of hydrogen-bond acceptors (Lipinski definition) is 4. The van der Waals surface area contributed by atoms with Crippen molar-refractivity contribution in [2.75, 3.05) is 32.8 Å².